The first-order valence-electron chi connectivity index (χ1n) is 14.2. The minimum Gasteiger partial charge on any atom is -0.336 e. The summed E-state index contributed by atoms with van der Waals surface area (Å²) in [6.07, 6.45) is 6.01. The Morgan fingerprint density at radius 2 is 1.78 bits per heavy atom. The van der Waals surface area contributed by atoms with Gasteiger partial charge in [-0.2, -0.15) is 5.10 Å². The number of amides is 1. The van der Waals surface area contributed by atoms with Crippen LogP contribution in [0.15, 0.2) is 61.1 Å². The highest BCUT2D eigenvalue weighted by Gasteiger charge is 2.20. The van der Waals surface area contributed by atoms with Crippen molar-refractivity contribution in [2.75, 3.05) is 11.6 Å². The van der Waals surface area contributed by atoms with Gasteiger partial charge in [-0.25, -0.2) is 26.9 Å². The molecule has 6 aromatic rings. The van der Waals surface area contributed by atoms with Crippen molar-refractivity contribution in [1.29, 1.82) is 0 Å². The third-order valence-corrected chi connectivity index (χ3v) is 7.73. The number of rotatable bonds is 8. The van der Waals surface area contributed by atoms with Crippen molar-refractivity contribution in [2.24, 2.45) is 5.41 Å². The van der Waals surface area contributed by atoms with Crippen LogP contribution in [0.25, 0.3) is 55.8 Å². The summed E-state index contributed by atoms with van der Waals surface area (Å²) in [5.41, 5.74) is 4.09. The first kappa shape index (κ1) is 30.9. The number of H-pyrrole nitrogens is 2. The fraction of sp³-hybridized carbons (Fsp3) is 0.219. The lowest BCUT2D eigenvalue weighted by atomic mass is 9.92. The summed E-state index contributed by atoms with van der Waals surface area (Å²) in [6.45, 7) is 5.82. The quantitative estimate of drug-likeness (QED) is 0.160. The average molecular weight is 645 g/mol. The van der Waals surface area contributed by atoms with Gasteiger partial charge in [-0.05, 0) is 59.0 Å². The van der Waals surface area contributed by atoms with Gasteiger partial charge in [-0.15, -0.1) is 0 Å². The van der Waals surface area contributed by atoms with Crippen LogP contribution in [0, 0.1) is 17.0 Å². The van der Waals surface area contributed by atoms with E-state index in [0.717, 1.165) is 6.26 Å². The lowest BCUT2D eigenvalue weighted by Gasteiger charge is -2.17. The molecular formula is C32H30F2N8O3S. The number of benzene rings is 2. The third kappa shape index (κ3) is 6.77. The number of aromatic nitrogens is 6. The summed E-state index contributed by atoms with van der Waals surface area (Å²) in [6, 6.07) is 10.7. The highest BCUT2D eigenvalue weighted by molar-refractivity contribution is 7.88. The first-order valence-corrected chi connectivity index (χ1v) is 16.1. The molecule has 0 aliphatic carbocycles. The van der Waals surface area contributed by atoms with Crippen molar-refractivity contribution in [3.8, 4) is 33.9 Å². The number of nitrogens with one attached hydrogen (secondary N) is 4. The largest absolute Gasteiger partial charge is 0.336 e. The van der Waals surface area contributed by atoms with Crippen molar-refractivity contribution in [3.05, 3.63) is 78.3 Å². The van der Waals surface area contributed by atoms with E-state index in [4.69, 9.17) is 4.98 Å². The zero-order chi connectivity index (χ0) is 32.8. The number of imidazole rings is 1. The van der Waals surface area contributed by atoms with E-state index < -0.39 is 21.7 Å². The Morgan fingerprint density at radius 3 is 2.54 bits per heavy atom. The zero-order valence-electron chi connectivity index (χ0n) is 25.4. The van der Waals surface area contributed by atoms with E-state index in [9.17, 15) is 17.6 Å². The number of halogens is 2. The molecule has 46 heavy (non-hydrogen) atoms. The Morgan fingerprint density at radius 1 is 0.978 bits per heavy atom. The smallest absolute Gasteiger partial charge is 0.224 e. The molecule has 0 bridgehead atoms. The van der Waals surface area contributed by atoms with Gasteiger partial charge >= 0.3 is 0 Å². The maximum atomic E-state index is 15.4. The molecule has 236 valence electrons. The van der Waals surface area contributed by atoms with E-state index >= 15 is 4.39 Å². The first-order chi connectivity index (χ1) is 21.7. The molecule has 0 atom stereocenters. The number of carbonyl (C=O) groups excluding carboxylic acids is 1. The molecule has 6 rings (SSSR count). The molecular weight excluding hydrogens is 614 g/mol. The van der Waals surface area contributed by atoms with Crippen LogP contribution in [0.1, 0.15) is 32.8 Å². The second-order valence-corrected chi connectivity index (χ2v) is 14.1. The van der Waals surface area contributed by atoms with Crippen LogP contribution in [-0.2, 0) is 21.4 Å². The third-order valence-electron chi connectivity index (χ3n) is 7.07. The number of anilines is 1. The topological polar surface area (TPSA) is 158 Å². The molecule has 14 heteroatoms. The lowest BCUT2D eigenvalue weighted by molar-refractivity contribution is -0.117. The molecule has 4 heterocycles. The Hall–Kier alpha value is -5.08. The van der Waals surface area contributed by atoms with E-state index in [1.807, 2.05) is 20.8 Å². The summed E-state index contributed by atoms with van der Waals surface area (Å²) in [5, 5.41) is 10.4. The molecule has 1 amide bonds. The van der Waals surface area contributed by atoms with Crippen molar-refractivity contribution < 1.29 is 22.0 Å². The number of fused-ring (bicyclic) bond motifs is 2. The van der Waals surface area contributed by atoms with Gasteiger partial charge in [0.1, 0.15) is 28.4 Å². The molecule has 0 saturated heterocycles. The molecule has 0 saturated carbocycles. The van der Waals surface area contributed by atoms with Crippen LogP contribution in [0.5, 0.6) is 0 Å². The summed E-state index contributed by atoms with van der Waals surface area (Å²) in [7, 11) is -3.49. The van der Waals surface area contributed by atoms with Gasteiger partial charge in [0.2, 0.25) is 15.9 Å². The lowest BCUT2D eigenvalue weighted by Crippen LogP contribution is -2.21. The van der Waals surface area contributed by atoms with E-state index in [1.165, 1.54) is 24.4 Å². The summed E-state index contributed by atoms with van der Waals surface area (Å²) < 4.78 is 55.5. The summed E-state index contributed by atoms with van der Waals surface area (Å²) in [4.78, 5) is 29.1. The minimum atomic E-state index is -3.49. The summed E-state index contributed by atoms with van der Waals surface area (Å²) in [5.74, 6) is -0.930. The van der Waals surface area contributed by atoms with E-state index in [1.54, 1.807) is 36.7 Å². The van der Waals surface area contributed by atoms with Gasteiger partial charge in [0.05, 0.1) is 29.4 Å². The Kier molecular flexibility index (Phi) is 7.86. The van der Waals surface area contributed by atoms with Gasteiger partial charge in [0, 0.05) is 41.9 Å². The molecule has 0 aliphatic rings. The van der Waals surface area contributed by atoms with Crippen LogP contribution in [-0.4, -0.2) is 50.7 Å². The zero-order valence-corrected chi connectivity index (χ0v) is 26.2. The van der Waals surface area contributed by atoms with Crippen LogP contribution >= 0.6 is 0 Å². The molecule has 0 radical (unpaired) electrons. The number of sulfonamides is 1. The Balaban J connectivity index is 1.37. The Labute approximate surface area is 263 Å². The van der Waals surface area contributed by atoms with Crippen LogP contribution < -0.4 is 10.0 Å². The molecule has 2 aromatic carbocycles. The number of aromatic amines is 2. The number of hydrogen-bond donors (Lipinski definition) is 4. The predicted molar refractivity (Wildman–Crippen MR) is 172 cm³/mol. The monoisotopic (exact) mass is 644 g/mol. The van der Waals surface area contributed by atoms with Gasteiger partial charge in [0.15, 0.2) is 5.82 Å². The Bertz CT molecular complexity index is 2240. The fourth-order valence-corrected chi connectivity index (χ4v) is 5.57. The maximum absolute atomic E-state index is 15.4. The molecule has 0 aliphatic heterocycles. The number of hydrogen-bond acceptors (Lipinski definition) is 7. The number of pyridine rings is 2. The standard InChI is InChI=1S/C32H30F2N8O3S/c1-32(2,3)13-26(43)38-22-10-20(15-35-16-22)18-11-23-28(24(34)12-18)41-42-29(23)31-39-25-5-6-36-27(30(25)40-31)19-7-17(8-21(33)9-19)14-37-46(4,44)45/h5-12,15-16,37H,13-14H2,1-4H3,(H,38,43)(H,39,40)(H,41,42). The van der Waals surface area contributed by atoms with Gasteiger partial charge in [-0.3, -0.25) is 19.9 Å². The van der Waals surface area contributed by atoms with Gasteiger partial charge in [-0.1, -0.05) is 20.8 Å². The molecule has 4 N–H and O–H groups in total. The maximum Gasteiger partial charge on any atom is 0.224 e. The van der Waals surface area contributed by atoms with Gasteiger partial charge in [0.25, 0.3) is 0 Å². The SMILES string of the molecule is CC(C)(C)CC(=O)Nc1cncc(-c2cc(F)c3[nH]nc(-c4nc5c(-c6cc(F)cc(CNS(C)(=O)=O)c6)nccc5[nH]4)c3c2)c1. The second-order valence-electron chi connectivity index (χ2n) is 12.3. The minimum absolute atomic E-state index is 0.0970. The molecule has 0 spiro atoms. The van der Waals surface area contributed by atoms with Crippen molar-refractivity contribution >= 4 is 43.6 Å². The van der Waals surface area contributed by atoms with Crippen molar-refractivity contribution in [2.45, 2.75) is 33.7 Å². The van der Waals surface area contributed by atoms with Gasteiger partial charge < -0.3 is 10.3 Å². The van der Waals surface area contributed by atoms with Crippen LogP contribution in [0.2, 0.25) is 0 Å². The van der Waals surface area contributed by atoms with Crippen LogP contribution in [0.4, 0.5) is 14.5 Å². The second kappa shape index (κ2) is 11.7. The summed E-state index contributed by atoms with van der Waals surface area (Å²) >= 11 is 0. The van der Waals surface area contributed by atoms with Crippen LogP contribution in [0.3, 0.4) is 0 Å². The van der Waals surface area contributed by atoms with Crippen molar-refractivity contribution in [3.63, 3.8) is 0 Å². The van der Waals surface area contributed by atoms with E-state index in [0.29, 0.717) is 68.0 Å². The average Bonchev–Trinajstić information content (AvgIpc) is 3.59. The normalized spacial score (nSPS) is 12.2. The fourth-order valence-electron chi connectivity index (χ4n) is 5.14. The van der Waals surface area contributed by atoms with E-state index in [2.05, 4.69) is 35.2 Å². The molecule has 0 unspecified atom stereocenters. The number of nitrogens with zero attached hydrogens (tertiary/aromatic N) is 4. The highest BCUT2D eigenvalue weighted by atomic mass is 32.2. The number of carbonyl (C=O) groups is 1. The molecule has 4 aromatic heterocycles. The predicted octanol–water partition coefficient (Wildman–Crippen LogP) is 5.93. The molecule has 0 fully saturated rings. The highest BCUT2D eigenvalue weighted by Crippen LogP contribution is 2.34. The molecule has 11 nitrogen and oxygen atoms in total. The van der Waals surface area contributed by atoms with Crippen molar-refractivity contribution in [1.82, 2.24) is 34.9 Å². The van der Waals surface area contributed by atoms with E-state index in [-0.39, 0.29) is 23.4 Å².